The molecule has 1 saturated carbocycles. The lowest BCUT2D eigenvalue weighted by Gasteiger charge is -2.23. The molecule has 1 rings (SSSR count). The van der Waals surface area contributed by atoms with E-state index in [1.165, 1.54) is 7.11 Å². The number of carbonyl (C=O) groups excluding carboxylic acids is 1. The first-order valence-electron chi connectivity index (χ1n) is 4.48. The summed E-state index contributed by atoms with van der Waals surface area (Å²) >= 11 is 0. The zero-order valence-corrected chi connectivity index (χ0v) is 8.44. The van der Waals surface area contributed by atoms with Crippen LogP contribution in [0.4, 0.5) is 0 Å². The molecule has 0 N–H and O–H groups in total. The van der Waals surface area contributed by atoms with Gasteiger partial charge in [-0.2, -0.15) is 0 Å². The molecule has 0 aromatic carbocycles. The Morgan fingerprint density at radius 1 is 1.25 bits per heavy atom. The van der Waals surface area contributed by atoms with Crippen molar-refractivity contribution in [3.05, 3.63) is 0 Å². The predicted molar refractivity (Wildman–Crippen MR) is 47.8 cm³/mol. The van der Waals surface area contributed by atoms with Crippen LogP contribution in [0.15, 0.2) is 0 Å². The fourth-order valence-corrected chi connectivity index (χ4v) is 2.27. The van der Waals surface area contributed by atoms with E-state index in [1.54, 1.807) is 0 Å². The minimum atomic E-state index is -0.224. The summed E-state index contributed by atoms with van der Waals surface area (Å²) in [5.74, 6) is -0.0481. The monoisotopic (exact) mass is 170 g/mol. The van der Waals surface area contributed by atoms with Crippen LogP contribution in [0.3, 0.4) is 0 Å². The quantitative estimate of drug-likeness (QED) is 0.565. The first-order valence-corrected chi connectivity index (χ1v) is 4.48. The largest absolute Gasteiger partial charge is 0.469 e. The Kier molecular flexibility index (Phi) is 2.19. The summed E-state index contributed by atoms with van der Waals surface area (Å²) < 4.78 is 4.79. The van der Waals surface area contributed by atoms with Gasteiger partial charge in [-0.25, -0.2) is 0 Å². The number of ether oxygens (including phenoxy) is 1. The van der Waals surface area contributed by atoms with Crippen LogP contribution < -0.4 is 0 Å². The van der Waals surface area contributed by atoms with Crippen molar-refractivity contribution in [2.75, 3.05) is 7.11 Å². The van der Waals surface area contributed by atoms with Crippen molar-refractivity contribution in [2.24, 2.45) is 10.8 Å². The number of hydrogen-bond acceptors (Lipinski definition) is 2. The maximum Gasteiger partial charge on any atom is 0.311 e. The van der Waals surface area contributed by atoms with Crippen LogP contribution in [0.25, 0.3) is 0 Å². The van der Waals surface area contributed by atoms with Crippen LogP contribution in [0, 0.1) is 10.8 Å². The Labute approximate surface area is 74.3 Å². The molecule has 0 aliphatic heterocycles. The van der Waals surface area contributed by atoms with Crippen molar-refractivity contribution in [3.8, 4) is 0 Å². The minimum Gasteiger partial charge on any atom is -0.469 e. The lowest BCUT2D eigenvalue weighted by atomic mass is 9.83. The van der Waals surface area contributed by atoms with Gasteiger partial charge >= 0.3 is 5.97 Å². The molecule has 0 saturated heterocycles. The van der Waals surface area contributed by atoms with Crippen molar-refractivity contribution >= 4 is 5.97 Å². The summed E-state index contributed by atoms with van der Waals surface area (Å²) in [6.45, 7) is 6.43. The molecule has 1 aliphatic rings. The van der Waals surface area contributed by atoms with Crippen molar-refractivity contribution in [1.29, 1.82) is 0 Å². The van der Waals surface area contributed by atoms with Gasteiger partial charge in [-0.05, 0) is 31.6 Å². The predicted octanol–water partition coefficient (Wildman–Crippen LogP) is 2.38. The second-order valence-electron chi connectivity index (χ2n) is 4.89. The molecule has 0 spiro atoms. The summed E-state index contributed by atoms with van der Waals surface area (Å²) in [6, 6.07) is 0. The number of carbonyl (C=O) groups is 1. The Hall–Kier alpha value is -0.530. The molecule has 1 aliphatic carbocycles. The van der Waals surface area contributed by atoms with Gasteiger partial charge in [0.1, 0.15) is 0 Å². The summed E-state index contributed by atoms with van der Waals surface area (Å²) in [6.07, 6.45) is 3.04. The molecule has 70 valence electrons. The van der Waals surface area contributed by atoms with Crippen LogP contribution in [0.5, 0.6) is 0 Å². The Balaban J connectivity index is 2.71. The van der Waals surface area contributed by atoms with Gasteiger partial charge in [0.05, 0.1) is 12.5 Å². The van der Waals surface area contributed by atoms with Crippen LogP contribution in [-0.2, 0) is 9.53 Å². The second-order valence-corrected chi connectivity index (χ2v) is 4.89. The van der Waals surface area contributed by atoms with Crippen LogP contribution in [0.2, 0.25) is 0 Å². The molecule has 12 heavy (non-hydrogen) atoms. The van der Waals surface area contributed by atoms with Gasteiger partial charge in [0.2, 0.25) is 0 Å². The van der Waals surface area contributed by atoms with Crippen molar-refractivity contribution in [2.45, 2.75) is 40.0 Å². The van der Waals surface area contributed by atoms with E-state index in [-0.39, 0.29) is 11.4 Å². The molecule has 1 unspecified atom stereocenters. The first-order chi connectivity index (χ1) is 5.40. The molecule has 0 bridgehead atoms. The van der Waals surface area contributed by atoms with Crippen LogP contribution >= 0.6 is 0 Å². The zero-order valence-electron chi connectivity index (χ0n) is 8.44. The highest BCUT2D eigenvalue weighted by molar-refractivity contribution is 5.76. The highest BCUT2D eigenvalue weighted by Crippen LogP contribution is 2.49. The molecule has 0 aromatic rings. The fraction of sp³-hybridized carbons (Fsp3) is 0.900. The van der Waals surface area contributed by atoms with Gasteiger partial charge in [0.15, 0.2) is 0 Å². The molecule has 1 fully saturated rings. The van der Waals surface area contributed by atoms with Crippen LogP contribution in [0.1, 0.15) is 40.0 Å². The third-order valence-corrected chi connectivity index (χ3v) is 2.90. The Bertz CT molecular complexity index is 196. The smallest absolute Gasteiger partial charge is 0.311 e. The molecular weight excluding hydrogens is 152 g/mol. The van der Waals surface area contributed by atoms with E-state index in [1.807, 2.05) is 6.92 Å². The van der Waals surface area contributed by atoms with E-state index in [4.69, 9.17) is 4.74 Å². The maximum absolute atomic E-state index is 11.4. The highest BCUT2D eigenvalue weighted by Gasteiger charge is 2.45. The lowest BCUT2D eigenvalue weighted by Crippen LogP contribution is -2.27. The van der Waals surface area contributed by atoms with E-state index in [2.05, 4.69) is 13.8 Å². The van der Waals surface area contributed by atoms with Gasteiger partial charge in [-0.1, -0.05) is 13.8 Å². The Morgan fingerprint density at radius 2 is 1.83 bits per heavy atom. The molecular formula is C10H18O2. The van der Waals surface area contributed by atoms with E-state index in [9.17, 15) is 4.79 Å². The average Bonchev–Trinajstić information content (AvgIpc) is 2.25. The second kappa shape index (κ2) is 2.75. The van der Waals surface area contributed by atoms with E-state index in [0.717, 1.165) is 19.3 Å². The normalized spacial score (nSPS) is 33.3. The number of rotatable bonds is 1. The average molecular weight is 170 g/mol. The SMILES string of the molecule is COC(=O)C1(C)CCC(C)(C)C1. The van der Waals surface area contributed by atoms with E-state index >= 15 is 0 Å². The van der Waals surface area contributed by atoms with Gasteiger partial charge in [-0.15, -0.1) is 0 Å². The molecule has 2 heteroatoms. The summed E-state index contributed by atoms with van der Waals surface area (Å²) in [4.78, 5) is 11.4. The molecule has 1 atom stereocenters. The Morgan fingerprint density at radius 3 is 2.17 bits per heavy atom. The van der Waals surface area contributed by atoms with Gasteiger partial charge < -0.3 is 4.74 Å². The summed E-state index contributed by atoms with van der Waals surface area (Å²) in [5, 5.41) is 0. The molecule has 0 amide bonds. The topological polar surface area (TPSA) is 26.3 Å². The standard InChI is InChI=1S/C10H18O2/c1-9(2)5-6-10(3,7-9)8(11)12-4/h5-7H2,1-4H3. The first kappa shape index (κ1) is 9.56. The van der Waals surface area contributed by atoms with Gasteiger partial charge in [0.25, 0.3) is 0 Å². The lowest BCUT2D eigenvalue weighted by molar-refractivity contribution is -0.151. The molecule has 2 nitrogen and oxygen atoms in total. The highest BCUT2D eigenvalue weighted by atomic mass is 16.5. The molecule has 0 aromatic heterocycles. The van der Waals surface area contributed by atoms with Crippen molar-refractivity contribution < 1.29 is 9.53 Å². The van der Waals surface area contributed by atoms with Crippen molar-refractivity contribution in [3.63, 3.8) is 0 Å². The third kappa shape index (κ3) is 1.62. The summed E-state index contributed by atoms with van der Waals surface area (Å²) in [5.41, 5.74) is 0.0845. The van der Waals surface area contributed by atoms with Gasteiger partial charge in [-0.3, -0.25) is 4.79 Å². The fourth-order valence-electron chi connectivity index (χ4n) is 2.27. The van der Waals surface area contributed by atoms with Crippen molar-refractivity contribution in [1.82, 2.24) is 0 Å². The number of hydrogen-bond donors (Lipinski definition) is 0. The maximum atomic E-state index is 11.4. The van der Waals surface area contributed by atoms with Gasteiger partial charge in [0, 0.05) is 0 Å². The number of esters is 1. The third-order valence-electron chi connectivity index (χ3n) is 2.90. The van der Waals surface area contributed by atoms with Crippen LogP contribution in [-0.4, -0.2) is 13.1 Å². The molecule has 0 radical (unpaired) electrons. The summed E-state index contributed by atoms with van der Waals surface area (Å²) in [7, 11) is 1.47. The van der Waals surface area contributed by atoms with E-state index in [0.29, 0.717) is 5.41 Å². The van der Waals surface area contributed by atoms with E-state index < -0.39 is 0 Å². The number of methoxy groups -OCH3 is 1. The molecule has 0 heterocycles. The zero-order chi connectivity index (χ0) is 9.41. The minimum absolute atomic E-state index is 0.0481.